The van der Waals surface area contributed by atoms with Crippen LogP contribution in [0.4, 0.5) is 0 Å². The summed E-state index contributed by atoms with van der Waals surface area (Å²) in [7, 11) is 1.76. The molecule has 0 saturated heterocycles. The van der Waals surface area contributed by atoms with E-state index < -0.39 is 0 Å². The molecule has 25 heavy (non-hydrogen) atoms. The van der Waals surface area contributed by atoms with E-state index in [2.05, 4.69) is 20.4 Å². The number of imidazole rings is 1. The molecule has 0 radical (unpaired) electrons. The van der Waals surface area contributed by atoms with Gasteiger partial charge in [0.1, 0.15) is 17.9 Å². The van der Waals surface area contributed by atoms with Crippen molar-refractivity contribution in [2.75, 3.05) is 13.6 Å². The maximum Gasteiger partial charge on any atom is 0.271 e. The number of hydrogen-bond donors (Lipinski definition) is 1. The van der Waals surface area contributed by atoms with Crippen LogP contribution in [-0.2, 0) is 24.2 Å². The number of aryl methyl sites for hydroxylation is 2. The van der Waals surface area contributed by atoms with Crippen molar-refractivity contribution in [1.82, 2.24) is 29.9 Å². The topological polar surface area (TPSA) is 106 Å². The Morgan fingerprint density at radius 3 is 2.96 bits per heavy atom. The number of nitrogens with one attached hydrogen (secondary N) is 1. The minimum absolute atomic E-state index is 0.0541. The highest BCUT2D eigenvalue weighted by atomic mass is 16.5. The number of fused-ring (bicyclic) bond motifs is 1. The number of rotatable bonds is 5. The summed E-state index contributed by atoms with van der Waals surface area (Å²) in [5.41, 5.74) is 0.561. The first-order valence-corrected chi connectivity index (χ1v) is 8.36. The van der Waals surface area contributed by atoms with E-state index in [1.165, 1.54) is 0 Å². The Morgan fingerprint density at radius 2 is 2.28 bits per heavy atom. The SMILES string of the molecule is CCN(C)C(=O)c1cnc2n1CC(NC(=O)Cc1nc(C)no1)CC2. The van der Waals surface area contributed by atoms with E-state index in [9.17, 15) is 9.59 Å². The maximum absolute atomic E-state index is 12.4. The summed E-state index contributed by atoms with van der Waals surface area (Å²) in [6.45, 7) is 4.79. The van der Waals surface area contributed by atoms with Crippen LogP contribution in [0.2, 0.25) is 0 Å². The maximum atomic E-state index is 12.4. The van der Waals surface area contributed by atoms with E-state index in [0.717, 1.165) is 12.2 Å². The Balaban J connectivity index is 1.65. The highest BCUT2D eigenvalue weighted by Gasteiger charge is 2.26. The summed E-state index contributed by atoms with van der Waals surface area (Å²) in [5.74, 6) is 1.46. The molecule has 1 aliphatic rings. The molecule has 9 nitrogen and oxygen atoms in total. The van der Waals surface area contributed by atoms with Crippen molar-refractivity contribution >= 4 is 11.8 Å². The first-order valence-electron chi connectivity index (χ1n) is 8.36. The van der Waals surface area contributed by atoms with Gasteiger partial charge in [-0.3, -0.25) is 9.59 Å². The van der Waals surface area contributed by atoms with Gasteiger partial charge in [0, 0.05) is 32.6 Å². The molecule has 3 heterocycles. The van der Waals surface area contributed by atoms with Gasteiger partial charge in [-0.15, -0.1) is 0 Å². The molecule has 1 aliphatic heterocycles. The standard InChI is InChI=1S/C16H22N6O3/c1-4-21(3)16(24)12-8-17-13-6-5-11(9-22(12)13)19-14(23)7-15-18-10(2)20-25-15/h8,11H,4-7,9H2,1-3H3,(H,19,23). The van der Waals surface area contributed by atoms with Crippen molar-refractivity contribution in [3.05, 3.63) is 29.4 Å². The summed E-state index contributed by atoms with van der Waals surface area (Å²) in [5, 5.41) is 6.65. The smallest absolute Gasteiger partial charge is 0.271 e. The zero-order valence-corrected chi connectivity index (χ0v) is 14.7. The number of hydrogen-bond acceptors (Lipinski definition) is 6. The molecule has 0 saturated carbocycles. The molecular weight excluding hydrogens is 324 g/mol. The second-order valence-electron chi connectivity index (χ2n) is 6.20. The van der Waals surface area contributed by atoms with Crippen molar-refractivity contribution in [3.8, 4) is 0 Å². The molecule has 3 rings (SSSR count). The fourth-order valence-electron chi connectivity index (χ4n) is 2.89. The highest BCUT2D eigenvalue weighted by Crippen LogP contribution is 2.18. The van der Waals surface area contributed by atoms with Crippen molar-refractivity contribution in [2.45, 2.75) is 45.7 Å². The lowest BCUT2D eigenvalue weighted by Crippen LogP contribution is -2.42. The van der Waals surface area contributed by atoms with Gasteiger partial charge in [0.25, 0.3) is 5.91 Å². The van der Waals surface area contributed by atoms with Crippen LogP contribution < -0.4 is 5.32 Å². The lowest BCUT2D eigenvalue weighted by atomic mass is 10.1. The normalized spacial score (nSPS) is 16.4. The number of amides is 2. The van der Waals surface area contributed by atoms with Crippen molar-refractivity contribution in [3.63, 3.8) is 0 Å². The second-order valence-corrected chi connectivity index (χ2v) is 6.20. The van der Waals surface area contributed by atoms with Crippen molar-refractivity contribution in [1.29, 1.82) is 0 Å². The lowest BCUT2D eigenvalue weighted by Gasteiger charge is -2.26. The van der Waals surface area contributed by atoms with Crippen LogP contribution >= 0.6 is 0 Å². The Morgan fingerprint density at radius 1 is 1.48 bits per heavy atom. The van der Waals surface area contributed by atoms with E-state index in [-0.39, 0.29) is 24.3 Å². The van der Waals surface area contributed by atoms with Gasteiger partial charge in [0.2, 0.25) is 11.8 Å². The molecule has 0 aromatic carbocycles. The largest absolute Gasteiger partial charge is 0.351 e. The average Bonchev–Trinajstić information content (AvgIpc) is 3.19. The molecule has 2 aromatic rings. The first-order chi connectivity index (χ1) is 12.0. The first kappa shape index (κ1) is 17.1. The molecule has 0 spiro atoms. The van der Waals surface area contributed by atoms with Crippen LogP contribution in [0.5, 0.6) is 0 Å². The van der Waals surface area contributed by atoms with Crippen LogP contribution in [-0.4, -0.2) is 56.0 Å². The van der Waals surface area contributed by atoms with Gasteiger partial charge in [0.05, 0.1) is 6.20 Å². The van der Waals surface area contributed by atoms with Crippen LogP contribution in [0, 0.1) is 6.92 Å². The molecular formula is C16H22N6O3. The fourth-order valence-corrected chi connectivity index (χ4v) is 2.89. The van der Waals surface area contributed by atoms with Crippen LogP contribution in [0.1, 0.15) is 41.4 Å². The average molecular weight is 346 g/mol. The van der Waals surface area contributed by atoms with E-state index >= 15 is 0 Å². The number of aromatic nitrogens is 4. The van der Waals surface area contributed by atoms with Gasteiger partial charge in [-0.25, -0.2) is 4.98 Å². The third-order valence-electron chi connectivity index (χ3n) is 4.34. The van der Waals surface area contributed by atoms with Crippen LogP contribution in [0.15, 0.2) is 10.7 Å². The summed E-state index contributed by atoms with van der Waals surface area (Å²) in [4.78, 5) is 34.6. The van der Waals surface area contributed by atoms with E-state index in [0.29, 0.717) is 36.9 Å². The summed E-state index contributed by atoms with van der Waals surface area (Å²) in [6, 6.07) is -0.0586. The third kappa shape index (κ3) is 3.70. The molecule has 1 unspecified atom stereocenters. The molecule has 134 valence electrons. The van der Waals surface area contributed by atoms with Gasteiger partial charge in [-0.1, -0.05) is 5.16 Å². The third-order valence-corrected chi connectivity index (χ3v) is 4.34. The summed E-state index contributed by atoms with van der Waals surface area (Å²) < 4.78 is 6.87. The molecule has 1 N–H and O–H groups in total. The monoisotopic (exact) mass is 346 g/mol. The second kappa shape index (κ2) is 7.04. The van der Waals surface area contributed by atoms with E-state index in [1.807, 2.05) is 11.5 Å². The quantitative estimate of drug-likeness (QED) is 0.837. The predicted molar refractivity (Wildman–Crippen MR) is 87.9 cm³/mol. The van der Waals surface area contributed by atoms with Gasteiger partial charge < -0.3 is 19.3 Å². The lowest BCUT2D eigenvalue weighted by molar-refractivity contribution is -0.121. The van der Waals surface area contributed by atoms with Crippen LogP contribution in [0.3, 0.4) is 0 Å². The van der Waals surface area contributed by atoms with Gasteiger partial charge in [-0.05, 0) is 20.3 Å². The van der Waals surface area contributed by atoms with Gasteiger partial charge >= 0.3 is 0 Å². The number of carbonyl (C=O) groups is 2. The Hall–Kier alpha value is -2.71. The summed E-state index contributed by atoms with van der Waals surface area (Å²) >= 11 is 0. The predicted octanol–water partition coefficient (Wildman–Crippen LogP) is 0.340. The van der Waals surface area contributed by atoms with E-state index in [4.69, 9.17) is 4.52 Å². The molecule has 2 aromatic heterocycles. The van der Waals surface area contributed by atoms with Gasteiger partial charge in [0.15, 0.2) is 5.82 Å². The van der Waals surface area contributed by atoms with Crippen molar-refractivity contribution < 1.29 is 14.1 Å². The Bertz CT molecular complexity index is 781. The molecule has 1 atom stereocenters. The van der Waals surface area contributed by atoms with E-state index in [1.54, 1.807) is 25.1 Å². The highest BCUT2D eigenvalue weighted by molar-refractivity contribution is 5.92. The summed E-state index contributed by atoms with van der Waals surface area (Å²) in [6.07, 6.45) is 3.17. The fraction of sp³-hybridized carbons (Fsp3) is 0.562. The van der Waals surface area contributed by atoms with Crippen molar-refractivity contribution in [2.24, 2.45) is 0 Å². The molecule has 9 heteroatoms. The zero-order chi connectivity index (χ0) is 18.0. The Kier molecular flexibility index (Phi) is 4.82. The van der Waals surface area contributed by atoms with Gasteiger partial charge in [-0.2, -0.15) is 4.98 Å². The minimum atomic E-state index is -0.171. The molecule has 0 fully saturated rings. The molecule has 0 aliphatic carbocycles. The zero-order valence-electron chi connectivity index (χ0n) is 14.7. The van der Waals surface area contributed by atoms with Crippen LogP contribution in [0.25, 0.3) is 0 Å². The number of nitrogens with zero attached hydrogens (tertiary/aromatic N) is 5. The minimum Gasteiger partial charge on any atom is -0.351 e. The Labute approximate surface area is 145 Å². The molecule has 2 amide bonds. The molecule has 0 bridgehead atoms. The number of carbonyl (C=O) groups excluding carboxylic acids is 2.